The molecule has 0 atom stereocenters. The predicted octanol–water partition coefficient (Wildman–Crippen LogP) is 3.20. The van der Waals surface area contributed by atoms with Crippen molar-refractivity contribution in [3.8, 4) is 0 Å². The second-order valence-corrected chi connectivity index (χ2v) is 7.07. The largest absolute Gasteiger partial charge is 0.326 e. The lowest BCUT2D eigenvalue weighted by atomic mass is 9.76. The maximum absolute atomic E-state index is 5.89. The minimum atomic E-state index is 0.113. The first-order valence-corrected chi connectivity index (χ1v) is 6.68. The third-order valence-electron chi connectivity index (χ3n) is 3.38. The molecular weight excluding hydrogens is 220 g/mol. The third-order valence-corrected chi connectivity index (χ3v) is 3.38. The molecule has 2 heteroatoms. The average molecular weight is 248 g/mol. The highest BCUT2D eigenvalue weighted by molar-refractivity contribution is 5.44. The van der Waals surface area contributed by atoms with Crippen molar-refractivity contribution in [3.63, 3.8) is 0 Å². The predicted molar refractivity (Wildman–Crippen MR) is 79.6 cm³/mol. The minimum Gasteiger partial charge on any atom is -0.326 e. The van der Waals surface area contributed by atoms with Crippen LogP contribution in [0.3, 0.4) is 0 Å². The van der Waals surface area contributed by atoms with Gasteiger partial charge >= 0.3 is 0 Å². The fourth-order valence-electron chi connectivity index (χ4n) is 2.43. The van der Waals surface area contributed by atoms with Gasteiger partial charge in [0.05, 0.1) is 0 Å². The molecule has 2 nitrogen and oxygen atoms in total. The molecule has 1 rings (SSSR count). The van der Waals surface area contributed by atoms with E-state index in [2.05, 4.69) is 53.7 Å². The lowest BCUT2D eigenvalue weighted by molar-refractivity contribution is 0.558. The first kappa shape index (κ1) is 15.2. The lowest BCUT2D eigenvalue weighted by Crippen LogP contribution is -2.22. The molecule has 102 valence electrons. The molecule has 1 aromatic carbocycles. The molecule has 0 amide bonds. The first-order chi connectivity index (χ1) is 8.11. The van der Waals surface area contributed by atoms with E-state index >= 15 is 0 Å². The van der Waals surface area contributed by atoms with E-state index in [1.807, 2.05) is 0 Å². The molecule has 0 saturated carbocycles. The van der Waals surface area contributed by atoms with Gasteiger partial charge < -0.3 is 11.5 Å². The van der Waals surface area contributed by atoms with Gasteiger partial charge in [0.15, 0.2) is 0 Å². The summed E-state index contributed by atoms with van der Waals surface area (Å²) in [6.45, 7) is 14.5. The molecule has 0 spiro atoms. The number of nitrogens with two attached hydrogens (primary N) is 2. The highest BCUT2D eigenvalue weighted by Gasteiger charge is 2.24. The van der Waals surface area contributed by atoms with E-state index < -0.39 is 0 Å². The lowest BCUT2D eigenvalue weighted by Gasteiger charge is -2.29. The number of rotatable bonds is 2. The van der Waals surface area contributed by atoms with Crippen molar-refractivity contribution < 1.29 is 0 Å². The summed E-state index contributed by atoms with van der Waals surface area (Å²) in [4.78, 5) is 0. The second-order valence-electron chi connectivity index (χ2n) is 7.07. The van der Waals surface area contributed by atoms with Crippen LogP contribution in [0, 0.1) is 0 Å². The van der Waals surface area contributed by atoms with Gasteiger partial charge in [0.25, 0.3) is 0 Å². The third kappa shape index (κ3) is 3.12. The Morgan fingerprint density at radius 3 is 1.28 bits per heavy atom. The van der Waals surface area contributed by atoms with E-state index in [9.17, 15) is 0 Å². The van der Waals surface area contributed by atoms with Gasteiger partial charge in [-0.2, -0.15) is 0 Å². The Labute approximate surface area is 112 Å². The topological polar surface area (TPSA) is 52.0 Å². The molecule has 0 radical (unpaired) electrons. The molecular formula is C16H28N2. The molecule has 0 saturated heterocycles. The molecule has 0 fully saturated rings. The van der Waals surface area contributed by atoms with Crippen molar-refractivity contribution in [3.05, 3.63) is 34.4 Å². The number of hydrogen-bond donors (Lipinski definition) is 2. The maximum Gasteiger partial charge on any atom is 0.0181 e. The van der Waals surface area contributed by atoms with Crippen molar-refractivity contribution >= 4 is 0 Å². The van der Waals surface area contributed by atoms with Gasteiger partial charge in [0, 0.05) is 13.1 Å². The van der Waals surface area contributed by atoms with Crippen LogP contribution < -0.4 is 11.5 Å². The van der Waals surface area contributed by atoms with E-state index in [-0.39, 0.29) is 10.8 Å². The van der Waals surface area contributed by atoms with Gasteiger partial charge in [0.2, 0.25) is 0 Å². The zero-order valence-corrected chi connectivity index (χ0v) is 12.7. The van der Waals surface area contributed by atoms with Crippen LogP contribution >= 0.6 is 0 Å². The summed E-state index contributed by atoms with van der Waals surface area (Å²) in [5.74, 6) is 0. The normalized spacial score (nSPS) is 12.9. The molecule has 0 unspecified atom stereocenters. The summed E-state index contributed by atoms with van der Waals surface area (Å²) in [6.07, 6.45) is 0. The van der Waals surface area contributed by atoms with Gasteiger partial charge in [0.1, 0.15) is 0 Å². The van der Waals surface area contributed by atoms with Crippen LogP contribution in [0.2, 0.25) is 0 Å². The molecule has 0 heterocycles. The summed E-state index contributed by atoms with van der Waals surface area (Å²) < 4.78 is 0. The molecule has 0 aliphatic carbocycles. The van der Waals surface area contributed by atoms with Crippen molar-refractivity contribution in [2.24, 2.45) is 11.5 Å². The van der Waals surface area contributed by atoms with Crippen molar-refractivity contribution in [2.45, 2.75) is 65.5 Å². The van der Waals surface area contributed by atoms with Gasteiger partial charge in [-0.25, -0.2) is 0 Å². The van der Waals surface area contributed by atoms with Crippen molar-refractivity contribution in [1.82, 2.24) is 0 Å². The van der Waals surface area contributed by atoms with Crippen molar-refractivity contribution in [2.75, 3.05) is 0 Å². The highest BCUT2D eigenvalue weighted by atomic mass is 14.6. The molecule has 0 aliphatic heterocycles. The van der Waals surface area contributed by atoms with E-state index in [1.165, 1.54) is 22.3 Å². The second kappa shape index (κ2) is 5.02. The van der Waals surface area contributed by atoms with Crippen LogP contribution in [-0.4, -0.2) is 0 Å². The Hall–Kier alpha value is -0.860. The Balaban J connectivity index is 3.55. The number of hydrogen-bond acceptors (Lipinski definition) is 2. The van der Waals surface area contributed by atoms with Crippen LogP contribution in [0.25, 0.3) is 0 Å². The van der Waals surface area contributed by atoms with Gasteiger partial charge in [-0.05, 0) is 33.1 Å². The summed E-state index contributed by atoms with van der Waals surface area (Å²) in [6, 6.07) is 4.51. The molecule has 0 bridgehead atoms. The SMILES string of the molecule is CC(C)(C)c1cc(C(C)(C)C)c(CN)cc1CN. The Morgan fingerprint density at radius 1 is 0.722 bits per heavy atom. The van der Waals surface area contributed by atoms with E-state index in [0.717, 1.165) is 0 Å². The van der Waals surface area contributed by atoms with E-state index in [4.69, 9.17) is 11.5 Å². The van der Waals surface area contributed by atoms with Crippen LogP contribution in [0.5, 0.6) is 0 Å². The fourth-order valence-corrected chi connectivity index (χ4v) is 2.43. The molecule has 4 N–H and O–H groups in total. The molecule has 18 heavy (non-hydrogen) atoms. The van der Waals surface area contributed by atoms with Gasteiger partial charge in [-0.15, -0.1) is 0 Å². The van der Waals surface area contributed by atoms with E-state index in [1.54, 1.807) is 0 Å². The van der Waals surface area contributed by atoms with Crippen LogP contribution in [0.1, 0.15) is 63.8 Å². The van der Waals surface area contributed by atoms with Crippen LogP contribution in [-0.2, 0) is 23.9 Å². The quantitative estimate of drug-likeness (QED) is 0.844. The molecule has 0 aliphatic rings. The summed E-state index contributed by atoms with van der Waals surface area (Å²) in [5.41, 5.74) is 17.1. The maximum atomic E-state index is 5.89. The smallest absolute Gasteiger partial charge is 0.0181 e. The van der Waals surface area contributed by atoms with Crippen molar-refractivity contribution in [1.29, 1.82) is 0 Å². The monoisotopic (exact) mass is 248 g/mol. The summed E-state index contributed by atoms with van der Waals surface area (Å²) in [5, 5.41) is 0. The summed E-state index contributed by atoms with van der Waals surface area (Å²) in [7, 11) is 0. The van der Waals surface area contributed by atoms with Crippen LogP contribution in [0.4, 0.5) is 0 Å². The summed E-state index contributed by atoms with van der Waals surface area (Å²) >= 11 is 0. The Morgan fingerprint density at radius 2 is 1.06 bits per heavy atom. The van der Waals surface area contributed by atoms with Crippen LogP contribution in [0.15, 0.2) is 12.1 Å². The minimum absolute atomic E-state index is 0.113. The molecule has 0 aromatic heterocycles. The Bertz CT molecular complexity index is 383. The zero-order valence-electron chi connectivity index (χ0n) is 12.7. The average Bonchev–Trinajstić information content (AvgIpc) is 2.24. The van der Waals surface area contributed by atoms with Gasteiger partial charge in [-0.1, -0.05) is 53.7 Å². The Kier molecular flexibility index (Phi) is 4.24. The molecule has 1 aromatic rings. The fraction of sp³-hybridized carbons (Fsp3) is 0.625. The van der Waals surface area contributed by atoms with Gasteiger partial charge in [-0.3, -0.25) is 0 Å². The highest BCUT2D eigenvalue weighted by Crippen LogP contribution is 2.33. The van der Waals surface area contributed by atoms with E-state index in [0.29, 0.717) is 13.1 Å². The zero-order chi connectivity index (χ0) is 14.1. The number of benzene rings is 1. The standard InChI is InChI=1S/C16H28N2/c1-15(2,3)13-8-14(16(4,5)6)12(10-18)7-11(13)9-17/h7-8H,9-10,17-18H2,1-6H3. The first-order valence-electron chi connectivity index (χ1n) is 6.68.